The second-order valence-electron chi connectivity index (χ2n) is 9.56. The number of halogens is 3. The molecule has 1 fully saturated rings. The molecule has 9 nitrogen and oxygen atoms in total. The number of aromatic amines is 2. The Hall–Kier alpha value is -4.45. The monoisotopic (exact) mass is 552 g/mol. The number of hydrogen-bond acceptors (Lipinski definition) is 7. The van der Waals surface area contributed by atoms with Gasteiger partial charge in [-0.1, -0.05) is 12.1 Å². The van der Waals surface area contributed by atoms with Crippen LogP contribution in [-0.2, 0) is 6.18 Å². The molecule has 0 aliphatic carbocycles. The first kappa shape index (κ1) is 25.8. The fourth-order valence-corrected chi connectivity index (χ4v) is 5.00. The minimum atomic E-state index is -4.55. The van der Waals surface area contributed by atoms with Crippen molar-refractivity contribution in [3.8, 4) is 28.6 Å². The molecule has 2 aromatic heterocycles. The lowest BCUT2D eigenvalue weighted by Crippen LogP contribution is -2.47. The summed E-state index contributed by atoms with van der Waals surface area (Å²) in [6.45, 7) is 4.14. The molecule has 1 aliphatic heterocycles. The van der Waals surface area contributed by atoms with Gasteiger partial charge in [-0.05, 0) is 42.5 Å². The van der Waals surface area contributed by atoms with Crippen LogP contribution in [0.1, 0.15) is 5.82 Å². The van der Waals surface area contributed by atoms with E-state index in [-0.39, 0.29) is 16.8 Å². The molecule has 6 rings (SSSR count). The van der Waals surface area contributed by atoms with Gasteiger partial charge in [-0.3, -0.25) is 4.90 Å². The number of aromatic hydroxyl groups is 1. The highest BCUT2D eigenvalue weighted by Gasteiger charge is 2.35. The van der Waals surface area contributed by atoms with E-state index in [4.69, 9.17) is 14.5 Å². The van der Waals surface area contributed by atoms with E-state index in [9.17, 15) is 18.3 Å². The van der Waals surface area contributed by atoms with Gasteiger partial charge in [-0.15, -0.1) is 0 Å². The number of hydrogen-bond donors (Lipinski definition) is 3. The summed E-state index contributed by atoms with van der Waals surface area (Å²) in [7, 11) is 1.51. The number of para-hydroxylation sites is 2. The highest BCUT2D eigenvalue weighted by molar-refractivity contribution is 5.91. The van der Waals surface area contributed by atoms with E-state index in [0.717, 1.165) is 48.5 Å². The number of fused-ring (bicyclic) bond motifs is 2. The zero-order chi connectivity index (χ0) is 27.9. The van der Waals surface area contributed by atoms with Gasteiger partial charge in [0.1, 0.15) is 29.2 Å². The van der Waals surface area contributed by atoms with Crippen LogP contribution in [0.25, 0.3) is 33.5 Å². The first-order valence-corrected chi connectivity index (χ1v) is 12.8. The van der Waals surface area contributed by atoms with E-state index < -0.39 is 12.0 Å². The number of aromatic nitrogens is 4. The van der Waals surface area contributed by atoms with Crippen molar-refractivity contribution in [2.45, 2.75) is 6.18 Å². The van der Waals surface area contributed by atoms with Crippen LogP contribution in [0.3, 0.4) is 0 Å². The summed E-state index contributed by atoms with van der Waals surface area (Å²) in [6.07, 6.45) is -4.55. The second kappa shape index (κ2) is 10.3. The van der Waals surface area contributed by atoms with Gasteiger partial charge < -0.3 is 29.4 Å². The van der Waals surface area contributed by atoms with Crippen LogP contribution in [0.15, 0.2) is 54.6 Å². The summed E-state index contributed by atoms with van der Waals surface area (Å²) in [5.74, 6) is 0.404. The quantitative estimate of drug-likeness (QED) is 0.260. The lowest BCUT2D eigenvalue weighted by molar-refractivity contribution is -0.144. The number of methoxy groups -OCH3 is 1. The van der Waals surface area contributed by atoms with Crippen molar-refractivity contribution in [2.24, 2.45) is 0 Å². The molecule has 1 saturated heterocycles. The maximum atomic E-state index is 13.0. The van der Waals surface area contributed by atoms with Crippen molar-refractivity contribution in [1.29, 1.82) is 0 Å². The lowest BCUT2D eigenvalue weighted by atomic mass is 10.2. The van der Waals surface area contributed by atoms with Crippen LogP contribution < -0.4 is 14.4 Å². The van der Waals surface area contributed by atoms with E-state index in [2.05, 4.69) is 30.8 Å². The lowest BCUT2D eigenvalue weighted by Gasteiger charge is -2.36. The SMILES string of the molecule is COc1ccc(-c2nc3c(N4CCN(CCOc5cccc6[nH]c(C(F)(F)F)nc56)CC4)cccc3[nH]2)cc1O. The molecular formula is C28H27F3N6O3. The highest BCUT2D eigenvalue weighted by Crippen LogP contribution is 2.34. The number of alkyl halides is 3. The zero-order valence-corrected chi connectivity index (χ0v) is 21.6. The van der Waals surface area contributed by atoms with E-state index in [0.29, 0.717) is 30.5 Å². The Kier molecular flexibility index (Phi) is 6.62. The van der Waals surface area contributed by atoms with E-state index in [1.54, 1.807) is 30.3 Å². The van der Waals surface area contributed by atoms with Crippen LogP contribution in [0.5, 0.6) is 17.2 Å². The second-order valence-corrected chi connectivity index (χ2v) is 9.56. The molecule has 0 radical (unpaired) electrons. The largest absolute Gasteiger partial charge is 0.504 e. The molecule has 0 amide bonds. The topological polar surface area (TPSA) is 103 Å². The maximum absolute atomic E-state index is 13.0. The van der Waals surface area contributed by atoms with Crippen molar-refractivity contribution >= 4 is 27.8 Å². The number of benzene rings is 3. The fourth-order valence-electron chi connectivity index (χ4n) is 5.00. The third kappa shape index (κ3) is 4.97. The van der Waals surface area contributed by atoms with Gasteiger partial charge in [0, 0.05) is 38.3 Å². The smallest absolute Gasteiger partial charge is 0.449 e. The first-order valence-electron chi connectivity index (χ1n) is 12.8. The normalized spacial score (nSPS) is 14.8. The average molecular weight is 553 g/mol. The van der Waals surface area contributed by atoms with Crippen molar-refractivity contribution < 1.29 is 27.8 Å². The molecule has 5 aromatic rings. The van der Waals surface area contributed by atoms with Crippen molar-refractivity contribution in [2.75, 3.05) is 51.3 Å². The Balaban J connectivity index is 1.09. The van der Waals surface area contributed by atoms with Gasteiger partial charge in [0.25, 0.3) is 0 Å². The van der Waals surface area contributed by atoms with Gasteiger partial charge in [0.2, 0.25) is 5.82 Å². The third-order valence-corrected chi connectivity index (χ3v) is 7.07. The third-order valence-electron chi connectivity index (χ3n) is 7.07. The van der Waals surface area contributed by atoms with Crippen molar-refractivity contribution in [1.82, 2.24) is 24.8 Å². The molecule has 3 heterocycles. The van der Waals surface area contributed by atoms with Crippen LogP contribution in [0, 0.1) is 0 Å². The Morgan fingerprint density at radius 3 is 2.38 bits per heavy atom. The number of anilines is 1. The van der Waals surface area contributed by atoms with Crippen LogP contribution >= 0.6 is 0 Å². The molecule has 208 valence electrons. The Morgan fingerprint density at radius 1 is 0.900 bits per heavy atom. The van der Waals surface area contributed by atoms with Crippen LogP contribution in [0.4, 0.5) is 18.9 Å². The van der Waals surface area contributed by atoms with Crippen molar-refractivity contribution in [3.05, 3.63) is 60.4 Å². The van der Waals surface area contributed by atoms with Gasteiger partial charge in [0.15, 0.2) is 11.5 Å². The molecule has 40 heavy (non-hydrogen) atoms. The molecular weight excluding hydrogens is 525 g/mol. The Bertz CT molecular complexity index is 1660. The van der Waals surface area contributed by atoms with E-state index in [1.165, 1.54) is 7.11 Å². The van der Waals surface area contributed by atoms with Crippen molar-refractivity contribution in [3.63, 3.8) is 0 Å². The number of piperazine rings is 1. The Morgan fingerprint density at radius 2 is 1.65 bits per heavy atom. The molecule has 1 aliphatic rings. The molecule has 0 spiro atoms. The number of H-pyrrole nitrogens is 2. The number of phenols is 1. The predicted molar refractivity (Wildman–Crippen MR) is 145 cm³/mol. The molecule has 3 aromatic carbocycles. The summed E-state index contributed by atoms with van der Waals surface area (Å²) in [5.41, 5.74) is 4.01. The minimum Gasteiger partial charge on any atom is -0.504 e. The molecule has 12 heteroatoms. The fraction of sp³-hybridized carbons (Fsp3) is 0.286. The summed E-state index contributed by atoms with van der Waals surface area (Å²) in [4.78, 5) is 18.7. The van der Waals surface area contributed by atoms with Gasteiger partial charge >= 0.3 is 6.18 Å². The van der Waals surface area contributed by atoms with E-state index in [1.807, 2.05) is 18.2 Å². The first-order chi connectivity index (χ1) is 19.3. The summed E-state index contributed by atoms with van der Waals surface area (Å²) >= 11 is 0. The summed E-state index contributed by atoms with van der Waals surface area (Å²) in [5, 5.41) is 10.2. The van der Waals surface area contributed by atoms with Crippen LogP contribution in [0.2, 0.25) is 0 Å². The number of nitrogens with zero attached hydrogens (tertiary/aromatic N) is 4. The molecule has 0 bridgehead atoms. The molecule has 3 N–H and O–H groups in total. The predicted octanol–water partition coefficient (Wildman–Crippen LogP) is 5.04. The molecule has 0 atom stereocenters. The molecule has 0 saturated carbocycles. The number of ether oxygens (including phenoxy) is 2. The van der Waals surface area contributed by atoms with E-state index >= 15 is 0 Å². The standard InChI is InChI=1S/C28H27F3N6O3/c1-39-22-9-8-17(16-21(22)38)26-32-18-4-2-6-20(24(18)34-26)37-12-10-36(11-13-37)14-15-40-23-7-3-5-19-25(23)35-27(33-19)28(29,30)31/h2-9,16,38H,10-15H2,1H3,(H,32,34)(H,33,35). The summed E-state index contributed by atoms with van der Waals surface area (Å²) < 4.78 is 50.1. The summed E-state index contributed by atoms with van der Waals surface area (Å²) in [6, 6.07) is 16.0. The number of rotatable bonds is 7. The average Bonchev–Trinajstić information content (AvgIpc) is 3.59. The number of phenolic OH excluding ortho intramolecular Hbond substituents is 1. The number of imidazole rings is 2. The molecule has 0 unspecified atom stereocenters. The maximum Gasteiger partial charge on any atom is 0.449 e. The minimum absolute atomic E-state index is 0.0490. The van der Waals surface area contributed by atoms with Gasteiger partial charge in [0.05, 0.1) is 23.8 Å². The van der Waals surface area contributed by atoms with Gasteiger partial charge in [-0.25, -0.2) is 9.97 Å². The number of nitrogens with one attached hydrogen (secondary N) is 2. The van der Waals surface area contributed by atoms with Gasteiger partial charge in [-0.2, -0.15) is 13.2 Å². The highest BCUT2D eigenvalue weighted by atomic mass is 19.4. The zero-order valence-electron chi connectivity index (χ0n) is 21.6. The van der Waals surface area contributed by atoms with Crippen LogP contribution in [-0.4, -0.2) is 76.4 Å². The Labute approximate surface area is 227 Å².